The Bertz CT molecular complexity index is 231. The van der Waals surface area contributed by atoms with Crippen molar-refractivity contribution in [3.8, 4) is 0 Å². The number of anilines is 1. The largest absolute Gasteiger partial charge is 0.363 e. The summed E-state index contributed by atoms with van der Waals surface area (Å²) < 4.78 is 0. The van der Waals surface area contributed by atoms with Crippen molar-refractivity contribution in [2.24, 2.45) is 0 Å². The van der Waals surface area contributed by atoms with Crippen molar-refractivity contribution in [2.75, 3.05) is 19.0 Å². The first-order valence-electron chi connectivity index (χ1n) is 3.87. The number of nitrogens with zero attached hydrogens (tertiary/aromatic N) is 2. The molecule has 11 heavy (non-hydrogen) atoms. The quantitative estimate of drug-likeness (QED) is 0.638. The highest BCUT2D eigenvalue weighted by molar-refractivity contribution is 5.36. The van der Waals surface area contributed by atoms with Crippen molar-refractivity contribution >= 4 is 5.82 Å². The molecule has 0 N–H and O–H groups in total. The Morgan fingerprint density at radius 3 is 2.64 bits per heavy atom. The molecule has 2 heteroatoms. The summed E-state index contributed by atoms with van der Waals surface area (Å²) in [6, 6.07) is 6.10. The van der Waals surface area contributed by atoms with Gasteiger partial charge in [0.25, 0.3) is 0 Å². The van der Waals surface area contributed by atoms with E-state index in [1.807, 2.05) is 37.2 Å². The molecule has 2 nitrogen and oxygen atoms in total. The molecule has 0 saturated carbocycles. The molecule has 0 atom stereocenters. The van der Waals surface area contributed by atoms with Gasteiger partial charge in [-0.05, 0) is 18.6 Å². The van der Waals surface area contributed by atoms with Gasteiger partial charge in [-0.1, -0.05) is 13.0 Å². The van der Waals surface area contributed by atoms with Crippen LogP contribution < -0.4 is 4.90 Å². The zero-order chi connectivity index (χ0) is 8.27. The van der Waals surface area contributed by atoms with Gasteiger partial charge >= 0.3 is 0 Å². The Hall–Kier alpha value is -1.05. The van der Waals surface area contributed by atoms with Crippen LogP contribution in [0.1, 0.15) is 12.6 Å². The van der Waals surface area contributed by atoms with E-state index in [0.717, 1.165) is 17.9 Å². The summed E-state index contributed by atoms with van der Waals surface area (Å²) in [7, 11) is 4.00. The molecule has 0 bridgehead atoms. The molecule has 0 unspecified atom stereocenters. The first-order chi connectivity index (χ1) is 5.24. The Kier molecular flexibility index (Phi) is 2.47. The molecular formula is C9H14N2. The third kappa shape index (κ3) is 1.93. The molecule has 0 aromatic carbocycles. The molecule has 0 fully saturated rings. The summed E-state index contributed by atoms with van der Waals surface area (Å²) in [5.41, 5.74) is 1.15. The van der Waals surface area contributed by atoms with E-state index >= 15 is 0 Å². The summed E-state index contributed by atoms with van der Waals surface area (Å²) in [5.74, 6) is 1.03. The van der Waals surface area contributed by atoms with Gasteiger partial charge in [0.15, 0.2) is 0 Å². The van der Waals surface area contributed by atoms with Crippen LogP contribution >= 0.6 is 0 Å². The second kappa shape index (κ2) is 3.37. The second-order valence-corrected chi connectivity index (χ2v) is 2.74. The number of rotatable bonds is 2. The molecule has 1 rings (SSSR count). The van der Waals surface area contributed by atoms with Crippen LogP contribution in [0, 0.1) is 0 Å². The number of aryl methyl sites for hydroxylation is 1. The van der Waals surface area contributed by atoms with Crippen molar-refractivity contribution in [2.45, 2.75) is 13.3 Å². The average Bonchev–Trinajstić information content (AvgIpc) is 2.05. The summed E-state index contributed by atoms with van der Waals surface area (Å²) >= 11 is 0. The summed E-state index contributed by atoms with van der Waals surface area (Å²) in [6.07, 6.45) is 1.00. The number of hydrogen-bond acceptors (Lipinski definition) is 2. The second-order valence-electron chi connectivity index (χ2n) is 2.74. The van der Waals surface area contributed by atoms with Crippen LogP contribution in [0.4, 0.5) is 5.82 Å². The minimum Gasteiger partial charge on any atom is -0.363 e. The highest BCUT2D eigenvalue weighted by Crippen LogP contribution is 2.07. The first-order valence-corrected chi connectivity index (χ1v) is 3.87. The topological polar surface area (TPSA) is 16.1 Å². The minimum atomic E-state index is 1.00. The smallest absolute Gasteiger partial charge is 0.128 e. The van der Waals surface area contributed by atoms with Crippen LogP contribution in [0.25, 0.3) is 0 Å². The summed E-state index contributed by atoms with van der Waals surface area (Å²) in [4.78, 5) is 6.43. The molecule has 1 aromatic rings. The Balaban J connectivity index is 2.91. The molecule has 60 valence electrons. The zero-order valence-corrected chi connectivity index (χ0v) is 7.33. The normalized spacial score (nSPS) is 9.73. The van der Waals surface area contributed by atoms with Crippen LogP contribution in [0.2, 0.25) is 0 Å². The third-order valence-corrected chi connectivity index (χ3v) is 1.61. The van der Waals surface area contributed by atoms with Gasteiger partial charge in [-0.3, -0.25) is 0 Å². The molecule has 0 radical (unpaired) electrons. The Labute approximate surface area is 67.9 Å². The standard InChI is InChI=1S/C9H14N2/c1-4-8-6-5-7-9(10-8)11(2)3/h5-7H,4H2,1-3H3. The lowest BCUT2D eigenvalue weighted by Crippen LogP contribution is -2.10. The molecule has 0 aliphatic carbocycles. The van der Waals surface area contributed by atoms with E-state index in [9.17, 15) is 0 Å². The van der Waals surface area contributed by atoms with Gasteiger partial charge in [0.2, 0.25) is 0 Å². The van der Waals surface area contributed by atoms with E-state index < -0.39 is 0 Å². The van der Waals surface area contributed by atoms with Crippen LogP contribution in [0.15, 0.2) is 18.2 Å². The highest BCUT2D eigenvalue weighted by atomic mass is 15.1. The highest BCUT2D eigenvalue weighted by Gasteiger charge is 1.95. The lowest BCUT2D eigenvalue weighted by Gasteiger charge is -2.11. The average molecular weight is 150 g/mol. The maximum absolute atomic E-state index is 4.42. The number of pyridine rings is 1. The molecule has 0 aliphatic rings. The van der Waals surface area contributed by atoms with E-state index in [-0.39, 0.29) is 0 Å². The summed E-state index contributed by atoms with van der Waals surface area (Å²) in [6.45, 7) is 2.11. The van der Waals surface area contributed by atoms with Gasteiger partial charge in [0.1, 0.15) is 5.82 Å². The molecule has 1 heterocycles. The van der Waals surface area contributed by atoms with Crippen LogP contribution in [0.3, 0.4) is 0 Å². The SMILES string of the molecule is CCc1cccc(N(C)C)n1. The molecule has 0 spiro atoms. The van der Waals surface area contributed by atoms with E-state index in [1.54, 1.807) is 0 Å². The van der Waals surface area contributed by atoms with Crippen molar-refractivity contribution in [1.82, 2.24) is 4.98 Å². The van der Waals surface area contributed by atoms with E-state index in [1.165, 1.54) is 0 Å². The molecule has 0 saturated heterocycles. The Morgan fingerprint density at radius 1 is 1.36 bits per heavy atom. The molecule has 0 amide bonds. The van der Waals surface area contributed by atoms with Gasteiger partial charge in [0.05, 0.1) is 0 Å². The van der Waals surface area contributed by atoms with Crippen LogP contribution in [-0.2, 0) is 6.42 Å². The zero-order valence-electron chi connectivity index (χ0n) is 7.33. The molecule has 1 aromatic heterocycles. The minimum absolute atomic E-state index is 1.00. The molecule has 0 aliphatic heterocycles. The monoisotopic (exact) mass is 150 g/mol. The van der Waals surface area contributed by atoms with E-state index in [0.29, 0.717) is 0 Å². The van der Waals surface area contributed by atoms with Gasteiger partial charge in [-0.25, -0.2) is 4.98 Å². The van der Waals surface area contributed by atoms with Crippen molar-refractivity contribution in [3.63, 3.8) is 0 Å². The van der Waals surface area contributed by atoms with E-state index in [4.69, 9.17) is 0 Å². The lowest BCUT2D eigenvalue weighted by molar-refractivity contribution is 0.989. The fourth-order valence-corrected chi connectivity index (χ4v) is 0.913. The number of hydrogen-bond donors (Lipinski definition) is 0. The van der Waals surface area contributed by atoms with E-state index in [2.05, 4.69) is 11.9 Å². The predicted molar refractivity (Wildman–Crippen MR) is 47.9 cm³/mol. The maximum atomic E-state index is 4.42. The van der Waals surface area contributed by atoms with Gasteiger partial charge < -0.3 is 4.90 Å². The van der Waals surface area contributed by atoms with Gasteiger partial charge in [0, 0.05) is 19.8 Å². The maximum Gasteiger partial charge on any atom is 0.128 e. The third-order valence-electron chi connectivity index (χ3n) is 1.61. The Morgan fingerprint density at radius 2 is 2.09 bits per heavy atom. The van der Waals surface area contributed by atoms with Gasteiger partial charge in [-0.2, -0.15) is 0 Å². The van der Waals surface area contributed by atoms with Crippen LogP contribution in [-0.4, -0.2) is 19.1 Å². The van der Waals surface area contributed by atoms with Crippen molar-refractivity contribution in [3.05, 3.63) is 23.9 Å². The molecular weight excluding hydrogens is 136 g/mol. The van der Waals surface area contributed by atoms with Crippen molar-refractivity contribution in [1.29, 1.82) is 0 Å². The van der Waals surface area contributed by atoms with Crippen molar-refractivity contribution < 1.29 is 0 Å². The fraction of sp³-hybridized carbons (Fsp3) is 0.444. The predicted octanol–water partition coefficient (Wildman–Crippen LogP) is 1.71. The summed E-state index contributed by atoms with van der Waals surface area (Å²) in [5, 5.41) is 0. The number of aromatic nitrogens is 1. The van der Waals surface area contributed by atoms with Crippen LogP contribution in [0.5, 0.6) is 0 Å². The first kappa shape index (κ1) is 8.05. The van der Waals surface area contributed by atoms with Gasteiger partial charge in [-0.15, -0.1) is 0 Å². The fourth-order valence-electron chi connectivity index (χ4n) is 0.913. The lowest BCUT2D eigenvalue weighted by atomic mass is 10.3.